The van der Waals surface area contributed by atoms with Crippen molar-refractivity contribution in [2.75, 3.05) is 25.0 Å². The number of amides is 2. The molecule has 0 bridgehead atoms. The van der Waals surface area contributed by atoms with Gasteiger partial charge in [0.2, 0.25) is 11.8 Å². The zero-order chi connectivity index (χ0) is 13.4. The summed E-state index contributed by atoms with van der Waals surface area (Å²) >= 11 is 5.90. The summed E-state index contributed by atoms with van der Waals surface area (Å²) < 4.78 is 0. The van der Waals surface area contributed by atoms with Crippen LogP contribution in [0.15, 0.2) is 24.3 Å². The Morgan fingerprint density at radius 1 is 1.22 bits per heavy atom. The third-order valence-electron chi connectivity index (χ3n) is 2.11. The molecule has 1 aromatic carbocycles. The summed E-state index contributed by atoms with van der Waals surface area (Å²) in [4.78, 5) is 22.1. The fourth-order valence-electron chi connectivity index (χ4n) is 1.29. The second kappa shape index (κ2) is 7.68. The van der Waals surface area contributed by atoms with E-state index in [4.69, 9.17) is 11.6 Å². The monoisotopic (exact) mass is 269 g/mol. The fourth-order valence-corrected chi connectivity index (χ4v) is 1.47. The van der Waals surface area contributed by atoms with Gasteiger partial charge in [0.25, 0.3) is 0 Å². The first-order chi connectivity index (χ1) is 8.59. The molecule has 18 heavy (non-hydrogen) atoms. The van der Waals surface area contributed by atoms with Crippen molar-refractivity contribution >= 4 is 29.1 Å². The molecule has 0 fully saturated rings. The number of para-hydroxylation sites is 1. The third kappa shape index (κ3) is 5.65. The van der Waals surface area contributed by atoms with E-state index in [1.807, 2.05) is 0 Å². The van der Waals surface area contributed by atoms with Crippen LogP contribution >= 0.6 is 11.6 Å². The maximum atomic E-state index is 11.5. The lowest BCUT2D eigenvalue weighted by Gasteiger charge is -2.08. The van der Waals surface area contributed by atoms with Crippen LogP contribution in [0.1, 0.15) is 6.92 Å². The summed E-state index contributed by atoms with van der Waals surface area (Å²) in [5, 5.41) is 8.73. The van der Waals surface area contributed by atoms with E-state index in [9.17, 15) is 9.59 Å². The quantitative estimate of drug-likeness (QED) is 0.675. The van der Waals surface area contributed by atoms with E-state index in [2.05, 4.69) is 16.0 Å². The van der Waals surface area contributed by atoms with Crippen molar-refractivity contribution in [1.29, 1.82) is 0 Å². The molecule has 0 aliphatic rings. The first-order valence-corrected chi connectivity index (χ1v) is 5.97. The Morgan fingerprint density at radius 2 is 1.94 bits per heavy atom. The molecule has 0 saturated carbocycles. The molecule has 98 valence electrons. The normalized spacial score (nSPS) is 9.89. The van der Waals surface area contributed by atoms with Crippen LogP contribution in [0.25, 0.3) is 0 Å². The molecule has 3 N–H and O–H groups in total. The van der Waals surface area contributed by atoms with Crippen LogP contribution in [0.5, 0.6) is 0 Å². The summed E-state index contributed by atoms with van der Waals surface area (Å²) in [5.74, 6) is -0.261. The van der Waals surface area contributed by atoms with E-state index in [0.29, 0.717) is 23.8 Å². The van der Waals surface area contributed by atoms with Crippen molar-refractivity contribution in [3.8, 4) is 0 Å². The average molecular weight is 270 g/mol. The minimum atomic E-state index is -0.175. The van der Waals surface area contributed by atoms with Gasteiger partial charge >= 0.3 is 0 Å². The van der Waals surface area contributed by atoms with Gasteiger partial charge in [-0.2, -0.15) is 0 Å². The third-order valence-corrected chi connectivity index (χ3v) is 2.44. The summed E-state index contributed by atoms with van der Waals surface area (Å²) in [6.45, 7) is 2.65. The van der Waals surface area contributed by atoms with Crippen LogP contribution in [0, 0.1) is 0 Å². The van der Waals surface area contributed by atoms with Gasteiger partial charge in [0.1, 0.15) is 0 Å². The Kier molecular flexibility index (Phi) is 6.18. The number of nitrogens with one attached hydrogen (secondary N) is 3. The van der Waals surface area contributed by atoms with E-state index < -0.39 is 0 Å². The van der Waals surface area contributed by atoms with E-state index in [1.54, 1.807) is 24.3 Å². The molecule has 0 spiro atoms. The lowest BCUT2D eigenvalue weighted by atomic mass is 10.3. The number of rotatable bonds is 6. The zero-order valence-corrected chi connectivity index (χ0v) is 10.9. The number of hydrogen-bond donors (Lipinski definition) is 3. The second-order valence-corrected chi connectivity index (χ2v) is 4.09. The highest BCUT2D eigenvalue weighted by Crippen LogP contribution is 2.19. The first kappa shape index (κ1) is 14.5. The zero-order valence-electron chi connectivity index (χ0n) is 10.1. The molecular formula is C12H16ClN3O2. The lowest BCUT2D eigenvalue weighted by Crippen LogP contribution is -2.34. The number of benzene rings is 1. The van der Waals surface area contributed by atoms with Crippen LogP contribution in [-0.2, 0) is 9.59 Å². The summed E-state index contributed by atoms with van der Waals surface area (Å²) in [5.41, 5.74) is 0.591. The topological polar surface area (TPSA) is 70.2 Å². The highest BCUT2D eigenvalue weighted by Gasteiger charge is 2.04. The van der Waals surface area contributed by atoms with Gasteiger partial charge < -0.3 is 16.0 Å². The predicted molar refractivity (Wildman–Crippen MR) is 71.6 cm³/mol. The Morgan fingerprint density at radius 3 is 2.61 bits per heavy atom. The van der Waals surface area contributed by atoms with Gasteiger partial charge in [-0.3, -0.25) is 9.59 Å². The smallest absolute Gasteiger partial charge is 0.238 e. The largest absolute Gasteiger partial charge is 0.355 e. The van der Waals surface area contributed by atoms with Crippen LogP contribution in [-0.4, -0.2) is 31.4 Å². The van der Waals surface area contributed by atoms with Crippen molar-refractivity contribution < 1.29 is 9.59 Å². The molecule has 1 aromatic rings. The number of anilines is 1. The number of halogens is 1. The highest BCUT2D eigenvalue weighted by atomic mass is 35.5. The van der Waals surface area contributed by atoms with E-state index in [1.165, 1.54) is 6.92 Å². The van der Waals surface area contributed by atoms with Crippen LogP contribution in [0.2, 0.25) is 5.02 Å². The molecule has 5 nitrogen and oxygen atoms in total. The minimum absolute atomic E-state index is 0.0858. The maximum absolute atomic E-state index is 11.5. The Hall–Kier alpha value is -1.59. The van der Waals surface area contributed by atoms with E-state index in [-0.39, 0.29) is 18.4 Å². The Balaban J connectivity index is 2.22. The maximum Gasteiger partial charge on any atom is 0.238 e. The van der Waals surface area contributed by atoms with E-state index in [0.717, 1.165) is 0 Å². The standard InChI is InChI=1S/C12H16ClN3O2/c1-9(17)15-7-6-14-8-12(18)16-11-5-3-2-4-10(11)13/h2-5,14H,6-8H2,1H3,(H,15,17)(H,16,18). The number of carbonyl (C=O) groups is 2. The second-order valence-electron chi connectivity index (χ2n) is 3.69. The Bertz CT molecular complexity index is 424. The molecule has 1 rings (SSSR count). The van der Waals surface area contributed by atoms with Gasteiger partial charge in [0.15, 0.2) is 0 Å². The fraction of sp³-hybridized carbons (Fsp3) is 0.333. The van der Waals surface area contributed by atoms with Crippen LogP contribution < -0.4 is 16.0 Å². The summed E-state index contributed by atoms with van der Waals surface area (Å²) in [6.07, 6.45) is 0. The molecule has 0 saturated heterocycles. The van der Waals surface area contributed by atoms with E-state index >= 15 is 0 Å². The van der Waals surface area contributed by atoms with Crippen LogP contribution in [0.3, 0.4) is 0 Å². The average Bonchev–Trinajstić information content (AvgIpc) is 2.31. The highest BCUT2D eigenvalue weighted by molar-refractivity contribution is 6.33. The van der Waals surface area contributed by atoms with Crippen molar-refractivity contribution in [2.24, 2.45) is 0 Å². The van der Waals surface area contributed by atoms with Gasteiger partial charge in [-0.05, 0) is 12.1 Å². The molecular weight excluding hydrogens is 254 g/mol. The van der Waals surface area contributed by atoms with Crippen molar-refractivity contribution in [3.63, 3.8) is 0 Å². The minimum Gasteiger partial charge on any atom is -0.355 e. The molecule has 0 aliphatic carbocycles. The predicted octanol–water partition coefficient (Wildman–Crippen LogP) is 1.00. The van der Waals surface area contributed by atoms with Crippen molar-refractivity contribution in [1.82, 2.24) is 10.6 Å². The molecule has 6 heteroatoms. The molecule has 0 aliphatic heterocycles. The number of carbonyl (C=O) groups excluding carboxylic acids is 2. The molecule has 2 amide bonds. The Labute approximate surface area is 111 Å². The molecule has 0 atom stereocenters. The van der Waals surface area contributed by atoms with Crippen LogP contribution in [0.4, 0.5) is 5.69 Å². The summed E-state index contributed by atoms with van der Waals surface area (Å²) in [6, 6.07) is 7.04. The summed E-state index contributed by atoms with van der Waals surface area (Å²) in [7, 11) is 0. The molecule has 0 radical (unpaired) electrons. The van der Waals surface area contributed by atoms with Gasteiger partial charge in [-0.25, -0.2) is 0 Å². The van der Waals surface area contributed by atoms with Crippen molar-refractivity contribution in [2.45, 2.75) is 6.92 Å². The van der Waals surface area contributed by atoms with Gasteiger partial charge in [0, 0.05) is 20.0 Å². The lowest BCUT2D eigenvalue weighted by molar-refractivity contribution is -0.118. The SMILES string of the molecule is CC(=O)NCCNCC(=O)Nc1ccccc1Cl. The molecule has 0 unspecified atom stereocenters. The molecule has 0 heterocycles. The van der Waals surface area contributed by atoms with Gasteiger partial charge in [0.05, 0.1) is 17.3 Å². The first-order valence-electron chi connectivity index (χ1n) is 5.59. The van der Waals surface area contributed by atoms with Crippen molar-refractivity contribution in [3.05, 3.63) is 29.3 Å². The number of hydrogen-bond acceptors (Lipinski definition) is 3. The van der Waals surface area contributed by atoms with Gasteiger partial charge in [-0.15, -0.1) is 0 Å². The molecule has 0 aromatic heterocycles. The van der Waals surface area contributed by atoms with Gasteiger partial charge in [-0.1, -0.05) is 23.7 Å².